The Morgan fingerprint density at radius 1 is 1.20 bits per heavy atom. The van der Waals surface area contributed by atoms with Crippen LogP contribution in [0.5, 0.6) is 0 Å². The maximum atomic E-state index is 13.9. The molecular weight excluding hydrogens is 317 g/mol. The summed E-state index contributed by atoms with van der Waals surface area (Å²) >= 11 is 0. The van der Waals surface area contributed by atoms with Crippen molar-refractivity contribution < 1.29 is 4.39 Å². The third kappa shape index (κ3) is 3.70. The number of hydrogen-bond acceptors (Lipinski definition) is 4. The van der Waals surface area contributed by atoms with Gasteiger partial charge in [-0.15, -0.1) is 0 Å². The molecule has 1 saturated heterocycles. The molecule has 0 radical (unpaired) electrons. The minimum Gasteiger partial charge on any atom is -0.361 e. The van der Waals surface area contributed by atoms with Crippen molar-refractivity contribution in [3.63, 3.8) is 0 Å². The van der Waals surface area contributed by atoms with Crippen LogP contribution in [0.25, 0.3) is 10.9 Å². The van der Waals surface area contributed by atoms with Gasteiger partial charge in [0, 0.05) is 49.8 Å². The number of likely N-dealkylation sites (tertiary alicyclic amines) is 1. The predicted octanol–water partition coefficient (Wildman–Crippen LogP) is 2.66. The number of para-hydroxylation sites is 1. The van der Waals surface area contributed by atoms with Crippen LogP contribution in [0.15, 0.2) is 48.9 Å². The normalized spacial score (nSPS) is 21.2. The number of halogens is 1. The van der Waals surface area contributed by atoms with Gasteiger partial charge < -0.3 is 10.3 Å². The minimum absolute atomic E-state index is 0.168. The number of hydrogen-bond donors (Lipinski definition) is 2. The lowest BCUT2D eigenvalue weighted by Gasteiger charge is -2.23. The lowest BCUT2D eigenvalue weighted by molar-refractivity contribution is 0.225. The molecule has 1 fully saturated rings. The molecule has 4 rings (SSSR count). The zero-order chi connectivity index (χ0) is 17.1. The summed E-state index contributed by atoms with van der Waals surface area (Å²) in [5.74, 6) is 0.748. The van der Waals surface area contributed by atoms with Crippen molar-refractivity contribution in [1.29, 1.82) is 0 Å². The van der Waals surface area contributed by atoms with Crippen molar-refractivity contribution in [2.75, 3.05) is 13.1 Å². The first-order chi connectivity index (χ1) is 12.3. The maximum absolute atomic E-state index is 13.9. The maximum Gasteiger partial charge on any atom is 0.142 e. The zero-order valence-corrected chi connectivity index (χ0v) is 14.0. The lowest BCUT2D eigenvalue weighted by atomic mass is 10.1. The molecule has 0 spiro atoms. The molecule has 0 amide bonds. The number of alkyl halides is 1. The number of nitrogens with zero attached hydrogens (tertiary/aromatic N) is 3. The summed E-state index contributed by atoms with van der Waals surface area (Å²) in [7, 11) is 0. The van der Waals surface area contributed by atoms with Crippen LogP contribution in [-0.2, 0) is 13.1 Å². The third-order valence-corrected chi connectivity index (χ3v) is 4.81. The molecule has 0 saturated carbocycles. The number of nitrogens with one attached hydrogen (secondary N) is 2. The highest BCUT2D eigenvalue weighted by Gasteiger charge is 2.32. The van der Waals surface area contributed by atoms with Crippen LogP contribution in [0.4, 0.5) is 4.39 Å². The van der Waals surface area contributed by atoms with E-state index in [0.29, 0.717) is 19.5 Å². The molecule has 2 N–H and O–H groups in total. The highest BCUT2D eigenvalue weighted by Crippen LogP contribution is 2.22. The van der Waals surface area contributed by atoms with Gasteiger partial charge in [-0.1, -0.05) is 18.2 Å². The minimum atomic E-state index is -0.776. The number of H-pyrrole nitrogens is 1. The van der Waals surface area contributed by atoms with Gasteiger partial charge in [0.15, 0.2) is 0 Å². The second-order valence-electron chi connectivity index (χ2n) is 6.57. The van der Waals surface area contributed by atoms with Crippen LogP contribution in [-0.4, -0.2) is 45.2 Å². The smallest absolute Gasteiger partial charge is 0.142 e. The molecule has 0 aliphatic carbocycles. The molecular formula is C19H22FN5. The average Bonchev–Trinajstić information content (AvgIpc) is 3.23. The molecule has 2 atom stereocenters. The summed E-state index contributed by atoms with van der Waals surface area (Å²) in [6, 6.07) is 10.3. The van der Waals surface area contributed by atoms with E-state index in [4.69, 9.17) is 0 Å². The van der Waals surface area contributed by atoms with E-state index in [1.807, 2.05) is 6.20 Å². The Hall–Kier alpha value is -2.31. The molecule has 1 aromatic carbocycles. The highest BCUT2D eigenvalue weighted by molar-refractivity contribution is 5.82. The molecule has 1 aliphatic heterocycles. The van der Waals surface area contributed by atoms with Gasteiger partial charge in [-0.2, -0.15) is 0 Å². The van der Waals surface area contributed by atoms with Crippen molar-refractivity contribution in [1.82, 2.24) is 25.2 Å². The Labute approximate surface area is 146 Å². The van der Waals surface area contributed by atoms with E-state index < -0.39 is 6.17 Å². The summed E-state index contributed by atoms with van der Waals surface area (Å²) in [4.78, 5) is 13.9. The highest BCUT2D eigenvalue weighted by atomic mass is 19.1. The molecule has 130 valence electrons. The Morgan fingerprint density at radius 2 is 2.08 bits per heavy atom. The molecule has 1 aliphatic rings. The van der Waals surface area contributed by atoms with Crippen LogP contribution in [0.2, 0.25) is 0 Å². The fourth-order valence-corrected chi connectivity index (χ4v) is 3.59. The van der Waals surface area contributed by atoms with Gasteiger partial charge in [0.25, 0.3) is 0 Å². The topological polar surface area (TPSA) is 56.8 Å². The largest absolute Gasteiger partial charge is 0.361 e. The zero-order valence-electron chi connectivity index (χ0n) is 14.0. The van der Waals surface area contributed by atoms with Crippen molar-refractivity contribution in [3.8, 4) is 0 Å². The summed E-state index contributed by atoms with van der Waals surface area (Å²) in [5.41, 5.74) is 2.40. The lowest BCUT2D eigenvalue weighted by Crippen LogP contribution is -2.37. The SMILES string of the molecule is F[C@H]1C[C@@H](CNCc2cccc3cc[nH]c23)N(Cc2ncccn2)C1. The quantitative estimate of drug-likeness (QED) is 0.725. The number of benzene rings is 1. The summed E-state index contributed by atoms with van der Waals surface area (Å²) in [6.07, 6.45) is 5.21. The molecule has 3 heterocycles. The van der Waals surface area contributed by atoms with E-state index in [0.717, 1.165) is 18.9 Å². The van der Waals surface area contributed by atoms with Gasteiger partial charge in [-0.3, -0.25) is 4.90 Å². The number of rotatable bonds is 6. The van der Waals surface area contributed by atoms with Gasteiger partial charge in [-0.25, -0.2) is 14.4 Å². The van der Waals surface area contributed by atoms with Crippen LogP contribution >= 0.6 is 0 Å². The van der Waals surface area contributed by atoms with E-state index in [-0.39, 0.29) is 6.04 Å². The fraction of sp³-hybridized carbons (Fsp3) is 0.368. The summed E-state index contributed by atoms with van der Waals surface area (Å²) in [5, 5.41) is 4.71. The van der Waals surface area contributed by atoms with Gasteiger partial charge in [0.1, 0.15) is 12.0 Å². The van der Waals surface area contributed by atoms with Gasteiger partial charge in [0.05, 0.1) is 6.54 Å². The Kier molecular flexibility index (Phi) is 4.72. The van der Waals surface area contributed by atoms with Crippen molar-refractivity contribution in [3.05, 3.63) is 60.3 Å². The number of aromatic nitrogens is 3. The van der Waals surface area contributed by atoms with E-state index in [2.05, 4.69) is 49.4 Å². The molecule has 3 aromatic rings. The molecule has 0 bridgehead atoms. The second-order valence-corrected chi connectivity index (χ2v) is 6.57. The Bertz CT molecular complexity index is 819. The van der Waals surface area contributed by atoms with Crippen molar-refractivity contribution in [2.45, 2.75) is 31.7 Å². The molecule has 6 heteroatoms. The fourth-order valence-electron chi connectivity index (χ4n) is 3.59. The first-order valence-electron chi connectivity index (χ1n) is 8.69. The predicted molar refractivity (Wildman–Crippen MR) is 95.7 cm³/mol. The molecule has 5 nitrogen and oxygen atoms in total. The van der Waals surface area contributed by atoms with Gasteiger partial charge >= 0.3 is 0 Å². The van der Waals surface area contributed by atoms with Gasteiger partial charge in [-0.05, 0) is 29.5 Å². The van der Waals surface area contributed by atoms with Crippen molar-refractivity contribution in [2.24, 2.45) is 0 Å². The Balaban J connectivity index is 1.37. The van der Waals surface area contributed by atoms with E-state index in [1.165, 1.54) is 16.5 Å². The van der Waals surface area contributed by atoms with Crippen LogP contribution in [0, 0.1) is 0 Å². The van der Waals surface area contributed by atoms with E-state index in [9.17, 15) is 4.39 Å². The van der Waals surface area contributed by atoms with E-state index >= 15 is 0 Å². The summed E-state index contributed by atoms with van der Waals surface area (Å²) in [6.45, 7) is 2.57. The van der Waals surface area contributed by atoms with Crippen LogP contribution in [0.3, 0.4) is 0 Å². The first-order valence-corrected chi connectivity index (χ1v) is 8.69. The molecule has 0 unspecified atom stereocenters. The van der Waals surface area contributed by atoms with Gasteiger partial charge in [0.2, 0.25) is 0 Å². The van der Waals surface area contributed by atoms with Crippen LogP contribution < -0.4 is 5.32 Å². The number of aromatic amines is 1. The van der Waals surface area contributed by atoms with Crippen molar-refractivity contribution >= 4 is 10.9 Å². The third-order valence-electron chi connectivity index (χ3n) is 4.81. The van der Waals surface area contributed by atoms with E-state index in [1.54, 1.807) is 18.5 Å². The summed E-state index contributed by atoms with van der Waals surface area (Å²) < 4.78 is 13.9. The molecule has 25 heavy (non-hydrogen) atoms. The monoisotopic (exact) mass is 339 g/mol. The molecule has 2 aromatic heterocycles. The first kappa shape index (κ1) is 16.2. The number of fused-ring (bicyclic) bond motifs is 1. The Morgan fingerprint density at radius 3 is 2.96 bits per heavy atom. The standard InChI is InChI=1S/C19H22FN5/c20-16-9-17(25(12-16)13-18-22-6-2-7-23-18)11-21-10-15-4-1-3-14-5-8-24-19(14)15/h1-8,16-17,21,24H,9-13H2/t16-,17-/m0/s1. The average molecular weight is 339 g/mol. The second kappa shape index (κ2) is 7.29. The van der Waals surface area contributed by atoms with Crippen LogP contribution in [0.1, 0.15) is 17.8 Å².